The van der Waals surface area contributed by atoms with E-state index in [1.54, 1.807) is 0 Å². The van der Waals surface area contributed by atoms with E-state index in [1.165, 1.54) is 19.3 Å². The summed E-state index contributed by atoms with van der Waals surface area (Å²) in [5, 5.41) is 3.06. The van der Waals surface area contributed by atoms with Crippen molar-refractivity contribution in [3.63, 3.8) is 0 Å². The number of nitrogens with zero attached hydrogens (tertiary/aromatic N) is 2. The molecule has 1 unspecified atom stereocenters. The first-order valence-corrected chi connectivity index (χ1v) is 8.19. The van der Waals surface area contributed by atoms with Crippen molar-refractivity contribution in [1.82, 2.24) is 15.1 Å². The van der Waals surface area contributed by atoms with Crippen molar-refractivity contribution < 1.29 is 4.79 Å². The molecule has 1 aliphatic carbocycles. The molecule has 5 nitrogen and oxygen atoms in total. The van der Waals surface area contributed by atoms with Crippen molar-refractivity contribution in [1.29, 1.82) is 0 Å². The van der Waals surface area contributed by atoms with E-state index >= 15 is 0 Å². The van der Waals surface area contributed by atoms with E-state index < -0.39 is 0 Å². The Morgan fingerprint density at radius 1 is 1.10 bits per heavy atom. The van der Waals surface area contributed by atoms with Crippen LogP contribution >= 0.6 is 0 Å². The molecule has 0 bridgehead atoms. The van der Waals surface area contributed by atoms with E-state index in [-0.39, 0.29) is 5.91 Å². The van der Waals surface area contributed by atoms with Gasteiger partial charge in [0.05, 0.1) is 6.54 Å². The quantitative estimate of drug-likeness (QED) is 0.745. The first kappa shape index (κ1) is 14.3. The van der Waals surface area contributed by atoms with Gasteiger partial charge in [0.15, 0.2) is 0 Å². The first-order valence-electron chi connectivity index (χ1n) is 8.19. The molecule has 0 aromatic rings. The summed E-state index contributed by atoms with van der Waals surface area (Å²) in [5.41, 5.74) is 5.96. The molecule has 0 spiro atoms. The van der Waals surface area contributed by atoms with Crippen LogP contribution in [0, 0.1) is 5.92 Å². The zero-order valence-corrected chi connectivity index (χ0v) is 12.4. The maximum Gasteiger partial charge on any atom is 0.234 e. The lowest BCUT2D eigenvalue weighted by Gasteiger charge is -2.34. The molecule has 3 fully saturated rings. The van der Waals surface area contributed by atoms with Gasteiger partial charge in [-0.25, -0.2) is 0 Å². The predicted octanol–water partition coefficient (Wildman–Crippen LogP) is 0.0100. The Hall–Kier alpha value is -0.650. The fourth-order valence-electron chi connectivity index (χ4n) is 3.38. The van der Waals surface area contributed by atoms with Gasteiger partial charge in [0.2, 0.25) is 5.91 Å². The molecular weight excluding hydrogens is 252 g/mol. The number of amides is 1. The van der Waals surface area contributed by atoms with Gasteiger partial charge < -0.3 is 11.1 Å². The van der Waals surface area contributed by atoms with Crippen molar-refractivity contribution >= 4 is 5.91 Å². The second-order valence-corrected chi connectivity index (χ2v) is 6.80. The molecule has 5 heteroatoms. The van der Waals surface area contributed by atoms with E-state index in [1.807, 2.05) is 0 Å². The van der Waals surface area contributed by atoms with Crippen LogP contribution in [0.3, 0.4) is 0 Å². The van der Waals surface area contributed by atoms with Crippen molar-refractivity contribution in [3.8, 4) is 0 Å². The molecule has 2 saturated heterocycles. The molecule has 3 aliphatic rings. The van der Waals surface area contributed by atoms with Gasteiger partial charge in [-0.2, -0.15) is 0 Å². The van der Waals surface area contributed by atoms with Gasteiger partial charge in [0.25, 0.3) is 0 Å². The highest BCUT2D eigenvalue weighted by molar-refractivity contribution is 5.78. The summed E-state index contributed by atoms with van der Waals surface area (Å²) < 4.78 is 0. The van der Waals surface area contributed by atoms with Crippen LogP contribution in [0.25, 0.3) is 0 Å². The summed E-state index contributed by atoms with van der Waals surface area (Å²) in [4.78, 5) is 16.8. The Morgan fingerprint density at radius 2 is 1.85 bits per heavy atom. The number of carbonyl (C=O) groups excluding carboxylic acids is 1. The number of hydrogen-bond acceptors (Lipinski definition) is 4. The van der Waals surface area contributed by atoms with Crippen LogP contribution < -0.4 is 11.1 Å². The molecule has 2 aliphatic heterocycles. The number of nitrogens with one attached hydrogen (secondary N) is 1. The molecule has 2 heterocycles. The van der Waals surface area contributed by atoms with Crippen LogP contribution in [0.1, 0.15) is 32.1 Å². The monoisotopic (exact) mass is 280 g/mol. The molecule has 1 atom stereocenters. The summed E-state index contributed by atoms with van der Waals surface area (Å²) in [6.45, 7) is 5.84. The molecule has 1 amide bonds. The maximum absolute atomic E-state index is 11.9. The minimum atomic E-state index is 0.207. The van der Waals surface area contributed by atoms with Crippen molar-refractivity contribution in [2.75, 3.05) is 39.3 Å². The number of hydrogen-bond donors (Lipinski definition) is 2. The van der Waals surface area contributed by atoms with Gasteiger partial charge in [-0.3, -0.25) is 14.6 Å². The second-order valence-electron chi connectivity index (χ2n) is 6.80. The van der Waals surface area contributed by atoms with Crippen molar-refractivity contribution in [2.24, 2.45) is 11.7 Å². The fraction of sp³-hybridized carbons (Fsp3) is 0.933. The van der Waals surface area contributed by atoms with Crippen molar-refractivity contribution in [3.05, 3.63) is 0 Å². The van der Waals surface area contributed by atoms with Gasteiger partial charge >= 0.3 is 0 Å². The summed E-state index contributed by atoms with van der Waals surface area (Å²) in [6.07, 6.45) is 6.04. The Bertz CT molecular complexity index is 337. The Labute approximate surface area is 121 Å². The predicted molar refractivity (Wildman–Crippen MR) is 79.4 cm³/mol. The summed E-state index contributed by atoms with van der Waals surface area (Å²) in [7, 11) is 0. The topological polar surface area (TPSA) is 61.6 Å². The van der Waals surface area contributed by atoms with Crippen LogP contribution in [0.4, 0.5) is 0 Å². The third kappa shape index (κ3) is 3.93. The first-order chi connectivity index (χ1) is 9.70. The Kier molecular flexibility index (Phi) is 4.58. The van der Waals surface area contributed by atoms with E-state index in [4.69, 9.17) is 5.73 Å². The highest BCUT2D eigenvalue weighted by Gasteiger charge is 2.30. The third-order valence-corrected chi connectivity index (χ3v) is 4.99. The summed E-state index contributed by atoms with van der Waals surface area (Å²) in [5.74, 6) is 0.973. The maximum atomic E-state index is 11.9. The van der Waals surface area contributed by atoms with Gasteiger partial charge in [-0.15, -0.1) is 0 Å². The zero-order chi connectivity index (χ0) is 13.9. The number of nitrogens with two attached hydrogens (primary N) is 1. The van der Waals surface area contributed by atoms with Gasteiger partial charge in [0, 0.05) is 31.7 Å². The molecule has 1 saturated carbocycles. The van der Waals surface area contributed by atoms with Gasteiger partial charge in [0.1, 0.15) is 0 Å². The number of piperidine rings is 1. The Balaban J connectivity index is 1.36. The largest absolute Gasteiger partial charge is 0.355 e. The average Bonchev–Trinajstić information content (AvgIpc) is 3.16. The van der Waals surface area contributed by atoms with Crippen LogP contribution in [0.15, 0.2) is 0 Å². The molecule has 3 rings (SSSR count). The number of rotatable bonds is 5. The summed E-state index contributed by atoms with van der Waals surface area (Å²) in [6, 6.07) is 1.04. The number of likely N-dealkylation sites (tertiary alicyclic amines) is 2. The lowest BCUT2D eigenvalue weighted by atomic mass is 10.0. The van der Waals surface area contributed by atoms with Crippen LogP contribution in [-0.4, -0.2) is 67.1 Å². The molecule has 20 heavy (non-hydrogen) atoms. The van der Waals surface area contributed by atoms with E-state index in [0.29, 0.717) is 18.6 Å². The van der Waals surface area contributed by atoms with E-state index in [2.05, 4.69) is 15.1 Å². The minimum Gasteiger partial charge on any atom is -0.355 e. The normalized spacial score (nSPS) is 29.8. The van der Waals surface area contributed by atoms with E-state index in [9.17, 15) is 4.79 Å². The van der Waals surface area contributed by atoms with Crippen LogP contribution in [-0.2, 0) is 4.79 Å². The van der Waals surface area contributed by atoms with Crippen molar-refractivity contribution in [2.45, 2.75) is 44.2 Å². The molecule has 0 aromatic carbocycles. The average molecular weight is 280 g/mol. The summed E-state index contributed by atoms with van der Waals surface area (Å²) >= 11 is 0. The third-order valence-electron chi connectivity index (χ3n) is 4.99. The lowest BCUT2D eigenvalue weighted by Crippen LogP contribution is -2.46. The zero-order valence-electron chi connectivity index (χ0n) is 12.4. The second kappa shape index (κ2) is 6.41. The molecule has 0 aromatic heterocycles. The standard InChI is InChI=1S/C15H28N4O/c16-13-3-7-19(8-4-13)14-5-6-18(10-14)11-15(20)17-9-12-1-2-12/h12-14H,1-11,16H2,(H,17,20). The van der Waals surface area contributed by atoms with E-state index in [0.717, 1.165) is 51.5 Å². The van der Waals surface area contributed by atoms with Crippen LogP contribution in [0.5, 0.6) is 0 Å². The highest BCUT2D eigenvalue weighted by atomic mass is 16.2. The Morgan fingerprint density at radius 3 is 2.55 bits per heavy atom. The fourth-order valence-corrected chi connectivity index (χ4v) is 3.38. The molecule has 3 N–H and O–H groups in total. The lowest BCUT2D eigenvalue weighted by molar-refractivity contribution is -0.122. The molecule has 114 valence electrons. The SMILES string of the molecule is NC1CCN(C2CCN(CC(=O)NCC3CC3)C2)CC1. The molecule has 0 radical (unpaired) electrons. The van der Waals surface area contributed by atoms with Gasteiger partial charge in [-0.05, 0) is 51.1 Å². The minimum absolute atomic E-state index is 0.207. The smallest absolute Gasteiger partial charge is 0.234 e. The number of carbonyl (C=O) groups is 1. The van der Waals surface area contributed by atoms with Gasteiger partial charge in [-0.1, -0.05) is 0 Å². The molecular formula is C15H28N4O. The van der Waals surface area contributed by atoms with Crippen LogP contribution in [0.2, 0.25) is 0 Å². The highest BCUT2D eigenvalue weighted by Crippen LogP contribution is 2.27.